The Morgan fingerprint density at radius 2 is 1.92 bits per heavy atom. The normalized spacial score (nSPS) is 15.8. The molecule has 10 nitrogen and oxygen atoms in total. The fourth-order valence-electron chi connectivity index (χ4n) is 3.97. The van der Waals surface area contributed by atoms with Crippen molar-refractivity contribution in [3.05, 3.63) is 70.9 Å². The number of halogens is 3. The van der Waals surface area contributed by atoms with Crippen LogP contribution in [-0.4, -0.2) is 63.7 Å². The number of aliphatic hydroxyl groups excluding tert-OH is 1. The molecule has 2 aromatic rings. The number of aliphatic hydroxyl groups is 1. The minimum Gasteiger partial charge on any atom is -0.394 e. The van der Waals surface area contributed by atoms with Crippen molar-refractivity contribution in [2.24, 2.45) is 0 Å². The number of nitrogens with zero attached hydrogens (tertiary/aromatic N) is 4. The molecule has 0 fully saturated rings. The Hall–Kier alpha value is -4.11. The highest BCUT2D eigenvalue weighted by atomic mass is 32.2. The van der Waals surface area contributed by atoms with Gasteiger partial charge in [0.05, 0.1) is 66.3 Å². The van der Waals surface area contributed by atoms with Crippen LogP contribution in [0.25, 0.3) is 0 Å². The summed E-state index contributed by atoms with van der Waals surface area (Å²) < 4.78 is 70.4. The van der Waals surface area contributed by atoms with E-state index < -0.39 is 33.6 Å². The molecule has 1 heterocycles. The van der Waals surface area contributed by atoms with Crippen molar-refractivity contribution in [3.63, 3.8) is 0 Å². The molecule has 39 heavy (non-hydrogen) atoms. The van der Waals surface area contributed by atoms with Gasteiger partial charge >= 0.3 is 12.2 Å². The van der Waals surface area contributed by atoms with Crippen molar-refractivity contribution >= 4 is 21.6 Å². The van der Waals surface area contributed by atoms with E-state index in [-0.39, 0.29) is 60.3 Å². The zero-order valence-electron chi connectivity index (χ0n) is 20.6. The second kappa shape index (κ2) is 12.2. The Bertz CT molecular complexity index is 1450. The zero-order chi connectivity index (χ0) is 28.8. The summed E-state index contributed by atoms with van der Waals surface area (Å²) in [7, 11) is -3.94. The van der Waals surface area contributed by atoms with Gasteiger partial charge in [0, 0.05) is 24.7 Å². The summed E-state index contributed by atoms with van der Waals surface area (Å²) >= 11 is 0. The molecule has 0 saturated heterocycles. The van der Waals surface area contributed by atoms with Gasteiger partial charge in [-0.15, -0.1) is 0 Å². The van der Waals surface area contributed by atoms with E-state index in [2.05, 4.69) is 5.32 Å². The SMILES string of the molecule is CS(=O)(=O)c1cc(C#N)ccc1[C@@H]1C(C#N)=CN(c2cccc(C(F)(F)F)c2)CN1C(=O)NCCOCCO. The van der Waals surface area contributed by atoms with Gasteiger partial charge in [-0.1, -0.05) is 12.1 Å². The maximum atomic E-state index is 13.3. The predicted octanol–water partition coefficient (Wildman–Crippen LogP) is 2.93. The van der Waals surface area contributed by atoms with Crippen molar-refractivity contribution in [1.29, 1.82) is 10.5 Å². The molecule has 0 aromatic heterocycles. The third-order valence-corrected chi connectivity index (χ3v) is 6.85. The standard InChI is InChI=1S/C25H24F3N5O5S/c1-39(36,37)22-11-17(13-29)5-6-21(22)23-18(14-30)15-32(20-4-2-3-19(12-20)25(26,27)28)16-33(23)24(35)31-7-9-38-10-8-34/h2-6,11-12,15,23,34H,7-10,16H2,1H3,(H,31,35)/t23-/m0/s1. The lowest BCUT2D eigenvalue weighted by Gasteiger charge is -2.40. The van der Waals surface area contributed by atoms with Crippen LogP contribution in [0.15, 0.2) is 59.1 Å². The lowest BCUT2D eigenvalue weighted by atomic mass is 9.96. The number of benzene rings is 2. The van der Waals surface area contributed by atoms with E-state index in [0.717, 1.165) is 29.4 Å². The smallest absolute Gasteiger partial charge is 0.394 e. The first-order chi connectivity index (χ1) is 18.4. The van der Waals surface area contributed by atoms with Crippen molar-refractivity contribution < 1.29 is 36.2 Å². The number of hydrogen-bond donors (Lipinski definition) is 2. The number of hydrogen-bond acceptors (Lipinski definition) is 8. The van der Waals surface area contributed by atoms with Crippen molar-refractivity contribution in [3.8, 4) is 12.1 Å². The fraction of sp³-hybridized carbons (Fsp3) is 0.320. The van der Waals surface area contributed by atoms with Crippen LogP contribution < -0.4 is 10.2 Å². The average Bonchev–Trinajstić information content (AvgIpc) is 2.90. The summed E-state index contributed by atoms with van der Waals surface area (Å²) in [5.74, 6) is 0. The molecule has 0 aliphatic carbocycles. The molecule has 0 spiro atoms. The van der Waals surface area contributed by atoms with Gasteiger partial charge in [0.15, 0.2) is 9.84 Å². The number of anilines is 1. The maximum absolute atomic E-state index is 13.3. The summed E-state index contributed by atoms with van der Waals surface area (Å²) in [6.07, 6.45) is -2.45. The van der Waals surface area contributed by atoms with E-state index in [1.54, 1.807) is 0 Å². The number of ether oxygens (including phenoxy) is 1. The molecular formula is C25H24F3N5O5S. The number of sulfone groups is 1. The first kappa shape index (κ1) is 29.4. The number of nitrogens with one attached hydrogen (secondary N) is 1. The molecule has 206 valence electrons. The molecule has 3 rings (SSSR count). The molecule has 0 bridgehead atoms. The number of carbonyl (C=O) groups is 1. The van der Waals surface area contributed by atoms with Crippen LogP contribution in [0.2, 0.25) is 0 Å². The summed E-state index contributed by atoms with van der Waals surface area (Å²) in [6.45, 7) is -0.505. The number of carbonyl (C=O) groups excluding carboxylic acids is 1. The minimum absolute atomic E-state index is 0.0104. The van der Waals surface area contributed by atoms with Gasteiger partial charge in [0.1, 0.15) is 0 Å². The third-order valence-electron chi connectivity index (χ3n) is 5.70. The number of alkyl halides is 3. The number of amides is 2. The Labute approximate surface area is 223 Å². The van der Waals surface area contributed by atoms with Gasteiger partial charge in [-0.05, 0) is 35.9 Å². The highest BCUT2D eigenvalue weighted by Crippen LogP contribution is 2.39. The topological polar surface area (TPSA) is 147 Å². The maximum Gasteiger partial charge on any atom is 0.416 e. The zero-order valence-corrected chi connectivity index (χ0v) is 21.5. The second-order valence-electron chi connectivity index (χ2n) is 8.43. The molecule has 2 amide bonds. The van der Waals surface area contributed by atoms with Gasteiger partial charge in [-0.2, -0.15) is 23.7 Å². The number of nitriles is 2. The first-order valence-electron chi connectivity index (χ1n) is 11.4. The van der Waals surface area contributed by atoms with Gasteiger partial charge in [-0.3, -0.25) is 4.90 Å². The quantitative estimate of drug-likeness (QED) is 0.466. The minimum atomic E-state index is -4.63. The molecule has 1 aliphatic rings. The van der Waals surface area contributed by atoms with Crippen molar-refractivity contribution in [1.82, 2.24) is 10.2 Å². The largest absolute Gasteiger partial charge is 0.416 e. The molecule has 14 heteroatoms. The van der Waals surface area contributed by atoms with Gasteiger partial charge in [0.2, 0.25) is 0 Å². The van der Waals surface area contributed by atoms with Gasteiger partial charge < -0.3 is 20.1 Å². The Balaban J connectivity index is 2.12. The molecule has 0 saturated carbocycles. The van der Waals surface area contributed by atoms with E-state index in [1.165, 1.54) is 35.4 Å². The van der Waals surface area contributed by atoms with Crippen molar-refractivity contribution in [2.75, 3.05) is 44.2 Å². The van der Waals surface area contributed by atoms with Gasteiger partial charge in [0.25, 0.3) is 0 Å². The van der Waals surface area contributed by atoms with Gasteiger partial charge in [-0.25, -0.2) is 13.2 Å². The van der Waals surface area contributed by atoms with E-state index in [9.17, 15) is 36.9 Å². The van der Waals surface area contributed by atoms with E-state index >= 15 is 0 Å². The summed E-state index contributed by atoms with van der Waals surface area (Å²) in [4.78, 5) is 15.4. The lowest BCUT2D eigenvalue weighted by Crippen LogP contribution is -2.50. The van der Waals surface area contributed by atoms with E-state index in [1.807, 2.05) is 12.1 Å². The predicted molar refractivity (Wildman–Crippen MR) is 133 cm³/mol. The van der Waals surface area contributed by atoms with Crippen LogP contribution in [0.5, 0.6) is 0 Å². The summed E-state index contributed by atoms with van der Waals surface area (Å²) in [6, 6.07) is 9.92. The van der Waals surface area contributed by atoms with Crippen LogP contribution in [0, 0.1) is 22.7 Å². The highest BCUT2D eigenvalue weighted by Gasteiger charge is 2.37. The molecule has 0 unspecified atom stereocenters. The molecule has 1 aliphatic heterocycles. The Morgan fingerprint density at radius 1 is 1.18 bits per heavy atom. The first-order valence-corrected chi connectivity index (χ1v) is 13.3. The Morgan fingerprint density at radius 3 is 2.54 bits per heavy atom. The third kappa shape index (κ3) is 7.06. The molecule has 2 aromatic carbocycles. The average molecular weight is 564 g/mol. The van der Waals surface area contributed by atoms with Crippen molar-refractivity contribution in [2.45, 2.75) is 17.1 Å². The second-order valence-corrected chi connectivity index (χ2v) is 10.4. The van der Waals surface area contributed by atoms with Crippen LogP contribution in [0.1, 0.15) is 22.7 Å². The van der Waals surface area contributed by atoms with Crippen LogP contribution in [-0.2, 0) is 20.8 Å². The van der Waals surface area contributed by atoms with Crippen LogP contribution >= 0.6 is 0 Å². The fourth-order valence-corrected chi connectivity index (χ4v) is 4.92. The molecule has 0 radical (unpaired) electrons. The number of urea groups is 1. The molecule has 1 atom stereocenters. The van der Waals surface area contributed by atoms with Crippen LogP contribution in [0.3, 0.4) is 0 Å². The Kier molecular flexibility index (Phi) is 9.19. The van der Waals surface area contributed by atoms with E-state index in [0.29, 0.717) is 0 Å². The lowest BCUT2D eigenvalue weighted by molar-refractivity contribution is -0.137. The monoisotopic (exact) mass is 563 g/mol. The molecular weight excluding hydrogens is 539 g/mol. The summed E-state index contributed by atoms with van der Waals surface area (Å²) in [5, 5.41) is 30.7. The molecule has 2 N–H and O–H groups in total. The summed E-state index contributed by atoms with van der Waals surface area (Å²) in [5.41, 5.74) is -0.930. The highest BCUT2D eigenvalue weighted by molar-refractivity contribution is 7.90. The number of rotatable bonds is 8. The van der Waals surface area contributed by atoms with Crippen LogP contribution in [0.4, 0.5) is 23.7 Å². The van der Waals surface area contributed by atoms with E-state index in [4.69, 9.17) is 9.84 Å².